The first kappa shape index (κ1) is 18.9. The summed E-state index contributed by atoms with van der Waals surface area (Å²) in [4.78, 5) is 9.38. The molecule has 0 radical (unpaired) electrons. The molecule has 4 rings (SSSR count). The monoisotopic (exact) mass is 494 g/mol. The molecular weight excluding hydrogens is 480 g/mol. The van der Waals surface area contributed by atoms with Crippen molar-refractivity contribution in [1.82, 2.24) is 14.4 Å². The number of thiazole rings is 1. The molecule has 3 aromatic heterocycles. The summed E-state index contributed by atoms with van der Waals surface area (Å²) in [5.41, 5.74) is 4.74. The van der Waals surface area contributed by atoms with Crippen LogP contribution in [0.2, 0.25) is 0 Å². The average Bonchev–Trinajstić information content (AvgIpc) is 3.20. The van der Waals surface area contributed by atoms with Gasteiger partial charge in [-0.15, -0.1) is 28.3 Å². The molecule has 0 spiro atoms. The van der Waals surface area contributed by atoms with Crippen LogP contribution in [0.1, 0.15) is 5.69 Å². The van der Waals surface area contributed by atoms with E-state index in [1.807, 2.05) is 54.9 Å². The zero-order chi connectivity index (χ0) is 17.4. The molecule has 0 fully saturated rings. The van der Waals surface area contributed by atoms with Crippen LogP contribution in [0, 0.1) is 6.92 Å². The molecule has 0 amide bonds. The van der Waals surface area contributed by atoms with E-state index in [-0.39, 0.29) is 17.0 Å². The molecule has 0 saturated carbocycles. The van der Waals surface area contributed by atoms with E-state index in [4.69, 9.17) is 9.72 Å². The van der Waals surface area contributed by atoms with E-state index in [0.717, 1.165) is 43.8 Å². The number of imidazole rings is 1. The maximum absolute atomic E-state index is 5.18. The zero-order valence-electron chi connectivity index (χ0n) is 14.1. The van der Waals surface area contributed by atoms with Crippen LogP contribution in [-0.4, -0.2) is 21.5 Å². The molecule has 0 aliphatic carbocycles. The molecule has 8 heteroatoms. The van der Waals surface area contributed by atoms with Crippen molar-refractivity contribution < 1.29 is 4.74 Å². The lowest BCUT2D eigenvalue weighted by atomic mass is 10.3. The van der Waals surface area contributed by atoms with Gasteiger partial charge in [0.1, 0.15) is 11.4 Å². The fourth-order valence-electron chi connectivity index (χ4n) is 2.69. The highest BCUT2D eigenvalue weighted by Crippen LogP contribution is 2.31. The van der Waals surface area contributed by atoms with Crippen LogP contribution in [-0.2, 0) is 0 Å². The third-order valence-corrected chi connectivity index (χ3v) is 5.24. The van der Waals surface area contributed by atoms with Crippen molar-refractivity contribution in [2.24, 2.45) is 0 Å². The summed E-state index contributed by atoms with van der Waals surface area (Å²) in [7, 11) is 1.66. The van der Waals surface area contributed by atoms with Gasteiger partial charge in [0.25, 0.3) is 0 Å². The molecule has 3 heterocycles. The number of nitrogens with zero attached hydrogens (tertiary/aromatic N) is 3. The van der Waals surface area contributed by atoms with E-state index < -0.39 is 0 Å². The minimum Gasteiger partial charge on any atom is -0.497 e. The molecule has 0 aliphatic heterocycles. The summed E-state index contributed by atoms with van der Waals surface area (Å²) in [6.45, 7) is 2.00. The smallest absolute Gasteiger partial charge is 0.187 e. The van der Waals surface area contributed by atoms with Crippen molar-refractivity contribution in [3.63, 3.8) is 0 Å². The van der Waals surface area contributed by atoms with Gasteiger partial charge in [-0.2, -0.15) is 0 Å². The second-order valence-electron chi connectivity index (χ2n) is 5.49. The number of hydrogen-bond donors (Lipinski definition) is 1. The summed E-state index contributed by atoms with van der Waals surface area (Å²) in [5.74, 6) is 0.831. The summed E-state index contributed by atoms with van der Waals surface area (Å²) < 4.78 is 8.21. The number of nitrogens with one attached hydrogen (secondary N) is 1. The van der Waals surface area contributed by atoms with Gasteiger partial charge in [0.2, 0.25) is 0 Å². The van der Waals surface area contributed by atoms with Crippen LogP contribution in [0.15, 0.2) is 52.4 Å². The molecule has 0 atom stereocenters. The van der Waals surface area contributed by atoms with Crippen LogP contribution >= 0.6 is 44.2 Å². The second-order valence-corrected chi connectivity index (χ2v) is 7.20. The summed E-state index contributed by atoms with van der Waals surface area (Å²) in [5, 5.41) is 6.21. The van der Waals surface area contributed by atoms with E-state index in [0.29, 0.717) is 0 Å². The zero-order valence-corrected chi connectivity index (χ0v) is 18.2. The number of ether oxygens (including phenoxy) is 1. The molecule has 0 saturated heterocycles. The summed E-state index contributed by atoms with van der Waals surface area (Å²) in [6.07, 6.45) is 2.01. The first-order valence-corrected chi connectivity index (χ1v) is 9.33. The van der Waals surface area contributed by atoms with Gasteiger partial charge in [0.05, 0.1) is 23.0 Å². The number of halogens is 2. The highest BCUT2D eigenvalue weighted by Gasteiger charge is 2.15. The SMILES string of the molecule is Br.COc1ccc(Nc2nc(-c3c(C)nc4c(Br)cccn34)cs2)cc1. The molecule has 0 aliphatic rings. The molecule has 1 aromatic carbocycles. The Bertz CT molecular complexity index is 1040. The number of aryl methyl sites for hydroxylation is 1. The van der Waals surface area contributed by atoms with Crippen molar-refractivity contribution in [3.8, 4) is 17.1 Å². The minimum absolute atomic E-state index is 0. The normalized spacial score (nSPS) is 10.6. The van der Waals surface area contributed by atoms with Crippen molar-refractivity contribution >= 4 is 60.7 Å². The number of anilines is 2. The largest absolute Gasteiger partial charge is 0.497 e. The Hall–Kier alpha value is -1.90. The Morgan fingerprint density at radius 1 is 1.15 bits per heavy atom. The van der Waals surface area contributed by atoms with E-state index in [1.54, 1.807) is 18.4 Å². The molecule has 0 bridgehead atoms. The van der Waals surface area contributed by atoms with E-state index in [1.165, 1.54) is 0 Å². The van der Waals surface area contributed by atoms with E-state index in [9.17, 15) is 0 Å². The number of pyridine rings is 1. The predicted molar refractivity (Wildman–Crippen MR) is 115 cm³/mol. The summed E-state index contributed by atoms with van der Waals surface area (Å²) in [6, 6.07) is 11.8. The van der Waals surface area contributed by atoms with Gasteiger partial charge in [0.15, 0.2) is 10.8 Å². The molecule has 134 valence electrons. The third kappa shape index (κ3) is 3.49. The minimum atomic E-state index is 0. The van der Waals surface area contributed by atoms with Crippen molar-refractivity contribution in [2.45, 2.75) is 6.92 Å². The third-order valence-electron chi connectivity index (χ3n) is 3.86. The van der Waals surface area contributed by atoms with Crippen LogP contribution in [0.4, 0.5) is 10.8 Å². The number of fused-ring (bicyclic) bond motifs is 1. The topological polar surface area (TPSA) is 51.5 Å². The predicted octanol–water partition coefficient (Wildman–Crippen LogP) is 5.86. The maximum Gasteiger partial charge on any atom is 0.187 e. The Morgan fingerprint density at radius 3 is 2.65 bits per heavy atom. The van der Waals surface area contributed by atoms with Gasteiger partial charge in [-0.05, 0) is 59.3 Å². The Labute approximate surface area is 174 Å². The van der Waals surface area contributed by atoms with Gasteiger partial charge < -0.3 is 10.1 Å². The van der Waals surface area contributed by atoms with Crippen molar-refractivity contribution in [3.05, 3.63) is 58.1 Å². The van der Waals surface area contributed by atoms with Crippen LogP contribution < -0.4 is 10.1 Å². The standard InChI is InChI=1S/C18H15BrN4OS.BrH/c1-11-16(23-9-3-4-14(19)17(23)20-11)15-10-25-18(22-15)21-12-5-7-13(24-2)8-6-12;/h3-10H,1-2H3,(H,21,22);1H. The first-order valence-electron chi connectivity index (χ1n) is 7.66. The molecule has 26 heavy (non-hydrogen) atoms. The van der Waals surface area contributed by atoms with Gasteiger partial charge in [-0.1, -0.05) is 0 Å². The highest BCUT2D eigenvalue weighted by molar-refractivity contribution is 9.10. The van der Waals surface area contributed by atoms with Crippen molar-refractivity contribution in [2.75, 3.05) is 12.4 Å². The highest BCUT2D eigenvalue weighted by atomic mass is 79.9. The molecule has 1 N–H and O–H groups in total. The lowest BCUT2D eigenvalue weighted by molar-refractivity contribution is 0.415. The molecule has 0 unspecified atom stereocenters. The number of methoxy groups -OCH3 is 1. The number of hydrogen-bond acceptors (Lipinski definition) is 5. The average molecular weight is 496 g/mol. The van der Waals surface area contributed by atoms with Gasteiger partial charge in [-0.3, -0.25) is 4.40 Å². The van der Waals surface area contributed by atoms with Crippen molar-refractivity contribution in [1.29, 1.82) is 0 Å². The maximum atomic E-state index is 5.18. The van der Waals surface area contributed by atoms with E-state index >= 15 is 0 Å². The fraction of sp³-hybridized carbons (Fsp3) is 0.111. The Morgan fingerprint density at radius 2 is 1.92 bits per heavy atom. The quantitative estimate of drug-likeness (QED) is 0.385. The van der Waals surface area contributed by atoms with Crippen LogP contribution in [0.25, 0.3) is 17.0 Å². The van der Waals surface area contributed by atoms with Gasteiger partial charge >= 0.3 is 0 Å². The molecule has 4 aromatic rings. The van der Waals surface area contributed by atoms with Crippen LogP contribution in [0.5, 0.6) is 5.75 Å². The van der Waals surface area contributed by atoms with Gasteiger partial charge in [0, 0.05) is 17.3 Å². The molecular formula is C18H16Br2N4OS. The lowest BCUT2D eigenvalue weighted by Crippen LogP contribution is -1.92. The number of rotatable bonds is 4. The Balaban J connectivity index is 0.00000196. The number of benzene rings is 1. The van der Waals surface area contributed by atoms with Crippen LogP contribution in [0.3, 0.4) is 0 Å². The Kier molecular flexibility index (Phi) is 5.64. The van der Waals surface area contributed by atoms with Gasteiger partial charge in [-0.25, -0.2) is 9.97 Å². The second kappa shape index (κ2) is 7.77. The first-order chi connectivity index (χ1) is 12.2. The number of aromatic nitrogens is 3. The molecule has 5 nitrogen and oxygen atoms in total. The van der Waals surface area contributed by atoms with E-state index in [2.05, 4.69) is 30.6 Å². The summed E-state index contributed by atoms with van der Waals surface area (Å²) >= 11 is 5.12. The fourth-order valence-corrected chi connectivity index (χ4v) is 3.84. The lowest BCUT2D eigenvalue weighted by Gasteiger charge is -2.04.